The van der Waals surface area contributed by atoms with Crippen molar-refractivity contribution in [1.29, 1.82) is 0 Å². The molecular formula is C15H22ClFN2. The van der Waals surface area contributed by atoms with Gasteiger partial charge in [-0.05, 0) is 70.1 Å². The fourth-order valence-electron chi connectivity index (χ4n) is 2.51. The second-order valence-electron chi connectivity index (χ2n) is 5.55. The van der Waals surface area contributed by atoms with Gasteiger partial charge in [-0.15, -0.1) is 0 Å². The van der Waals surface area contributed by atoms with E-state index >= 15 is 0 Å². The van der Waals surface area contributed by atoms with Crippen LogP contribution in [-0.4, -0.2) is 31.6 Å². The van der Waals surface area contributed by atoms with Gasteiger partial charge in [-0.1, -0.05) is 17.7 Å². The van der Waals surface area contributed by atoms with Gasteiger partial charge in [0, 0.05) is 6.04 Å². The van der Waals surface area contributed by atoms with E-state index in [2.05, 4.69) is 24.2 Å². The molecule has 2 nitrogen and oxygen atoms in total. The summed E-state index contributed by atoms with van der Waals surface area (Å²) in [7, 11) is 2.17. The zero-order valence-electron chi connectivity index (χ0n) is 11.6. The minimum atomic E-state index is -0.341. The lowest BCUT2D eigenvalue weighted by atomic mass is 9.96. The second-order valence-corrected chi connectivity index (χ2v) is 5.96. The molecule has 4 heteroatoms. The third-order valence-corrected chi connectivity index (χ3v) is 4.30. The van der Waals surface area contributed by atoms with Crippen molar-refractivity contribution in [3.63, 3.8) is 0 Å². The molecule has 0 bridgehead atoms. The smallest absolute Gasteiger partial charge is 0.142 e. The van der Waals surface area contributed by atoms with Gasteiger partial charge in [0.25, 0.3) is 0 Å². The highest BCUT2D eigenvalue weighted by molar-refractivity contribution is 6.30. The number of rotatable bonds is 4. The molecule has 19 heavy (non-hydrogen) atoms. The maximum absolute atomic E-state index is 13.4. The molecule has 1 aliphatic heterocycles. The van der Waals surface area contributed by atoms with E-state index in [9.17, 15) is 4.39 Å². The first-order chi connectivity index (χ1) is 9.06. The lowest BCUT2D eigenvalue weighted by molar-refractivity contribution is 0.213. The number of halogens is 2. The van der Waals surface area contributed by atoms with Crippen LogP contribution in [0.15, 0.2) is 18.2 Å². The summed E-state index contributed by atoms with van der Waals surface area (Å²) >= 11 is 5.70. The van der Waals surface area contributed by atoms with Crippen LogP contribution in [-0.2, 0) is 0 Å². The van der Waals surface area contributed by atoms with Crippen LogP contribution in [0.3, 0.4) is 0 Å². The van der Waals surface area contributed by atoms with Crippen molar-refractivity contribution in [2.45, 2.75) is 25.8 Å². The number of nitrogens with zero attached hydrogens (tertiary/aromatic N) is 1. The molecule has 1 heterocycles. The molecule has 1 atom stereocenters. The molecule has 0 aliphatic carbocycles. The Kier molecular flexibility index (Phi) is 5.20. The van der Waals surface area contributed by atoms with Crippen LogP contribution in [0.4, 0.5) is 4.39 Å². The fourth-order valence-corrected chi connectivity index (χ4v) is 2.63. The first-order valence-electron chi connectivity index (χ1n) is 6.93. The number of hydrogen-bond acceptors (Lipinski definition) is 2. The van der Waals surface area contributed by atoms with E-state index in [1.165, 1.54) is 32.0 Å². The van der Waals surface area contributed by atoms with Crippen LogP contribution in [0.5, 0.6) is 0 Å². The highest BCUT2D eigenvalue weighted by atomic mass is 35.5. The Labute approximate surface area is 119 Å². The maximum Gasteiger partial charge on any atom is 0.142 e. The third kappa shape index (κ3) is 4.16. The zero-order valence-corrected chi connectivity index (χ0v) is 12.4. The van der Waals surface area contributed by atoms with Crippen molar-refractivity contribution in [2.24, 2.45) is 5.92 Å². The number of benzene rings is 1. The molecule has 1 N–H and O–H groups in total. The summed E-state index contributed by atoms with van der Waals surface area (Å²) in [5, 5.41) is 3.69. The number of nitrogens with one attached hydrogen (secondary N) is 1. The van der Waals surface area contributed by atoms with Crippen molar-refractivity contribution in [2.75, 3.05) is 26.7 Å². The minimum Gasteiger partial charge on any atom is -0.310 e. The SMILES string of the molecule is CC(NCC1CCN(C)CC1)c1ccc(Cl)c(F)c1. The van der Waals surface area contributed by atoms with E-state index in [1.807, 2.05) is 6.07 Å². The summed E-state index contributed by atoms with van der Waals surface area (Å²) in [6.45, 7) is 5.42. The van der Waals surface area contributed by atoms with Crippen LogP contribution in [0, 0.1) is 11.7 Å². The summed E-state index contributed by atoms with van der Waals surface area (Å²) in [4.78, 5) is 2.37. The molecule has 1 aromatic rings. The van der Waals surface area contributed by atoms with E-state index in [4.69, 9.17) is 11.6 Å². The Morgan fingerprint density at radius 2 is 2.11 bits per heavy atom. The Bertz CT molecular complexity index is 417. The molecule has 0 radical (unpaired) electrons. The molecule has 0 saturated carbocycles. The first kappa shape index (κ1) is 14.8. The summed E-state index contributed by atoms with van der Waals surface area (Å²) in [6.07, 6.45) is 2.48. The fraction of sp³-hybridized carbons (Fsp3) is 0.600. The summed E-state index contributed by atoms with van der Waals surface area (Å²) in [5.41, 5.74) is 0.954. The second kappa shape index (κ2) is 6.69. The monoisotopic (exact) mass is 284 g/mol. The Hall–Kier alpha value is -0.640. The Morgan fingerprint density at radius 3 is 2.74 bits per heavy atom. The number of likely N-dealkylation sites (tertiary alicyclic amines) is 1. The largest absolute Gasteiger partial charge is 0.310 e. The van der Waals surface area contributed by atoms with Crippen molar-refractivity contribution in [3.05, 3.63) is 34.6 Å². The van der Waals surface area contributed by atoms with Crippen LogP contribution in [0.25, 0.3) is 0 Å². The molecule has 2 rings (SSSR count). The average Bonchev–Trinajstić information content (AvgIpc) is 2.41. The van der Waals surface area contributed by atoms with Gasteiger partial charge in [-0.3, -0.25) is 0 Å². The van der Waals surface area contributed by atoms with E-state index in [-0.39, 0.29) is 16.9 Å². The van der Waals surface area contributed by atoms with Gasteiger partial charge in [0.2, 0.25) is 0 Å². The highest BCUT2D eigenvalue weighted by Gasteiger charge is 2.17. The lowest BCUT2D eigenvalue weighted by Gasteiger charge is -2.30. The van der Waals surface area contributed by atoms with Crippen molar-refractivity contribution >= 4 is 11.6 Å². The number of piperidine rings is 1. The van der Waals surface area contributed by atoms with Crippen LogP contribution in [0.1, 0.15) is 31.4 Å². The molecule has 0 spiro atoms. The van der Waals surface area contributed by atoms with Crippen LogP contribution < -0.4 is 5.32 Å². The molecule has 0 amide bonds. The van der Waals surface area contributed by atoms with Gasteiger partial charge in [0.1, 0.15) is 5.82 Å². The number of hydrogen-bond donors (Lipinski definition) is 1. The van der Waals surface area contributed by atoms with Crippen LogP contribution >= 0.6 is 11.6 Å². The molecule has 1 fully saturated rings. The van der Waals surface area contributed by atoms with Crippen molar-refractivity contribution in [3.8, 4) is 0 Å². The molecule has 1 unspecified atom stereocenters. The van der Waals surface area contributed by atoms with Gasteiger partial charge in [0.15, 0.2) is 0 Å². The minimum absolute atomic E-state index is 0.159. The summed E-state index contributed by atoms with van der Waals surface area (Å²) < 4.78 is 13.4. The van der Waals surface area contributed by atoms with Crippen molar-refractivity contribution < 1.29 is 4.39 Å². The Balaban J connectivity index is 1.83. The molecular weight excluding hydrogens is 263 g/mol. The van der Waals surface area contributed by atoms with E-state index in [0.717, 1.165) is 18.0 Å². The van der Waals surface area contributed by atoms with Gasteiger partial charge in [-0.2, -0.15) is 0 Å². The zero-order chi connectivity index (χ0) is 13.8. The predicted octanol–water partition coefficient (Wildman–Crippen LogP) is 3.47. The summed E-state index contributed by atoms with van der Waals surface area (Å²) in [6, 6.07) is 5.19. The van der Waals surface area contributed by atoms with Gasteiger partial charge in [0.05, 0.1) is 5.02 Å². The normalized spacial score (nSPS) is 19.6. The van der Waals surface area contributed by atoms with Gasteiger partial charge in [-0.25, -0.2) is 4.39 Å². The molecule has 106 valence electrons. The standard InChI is InChI=1S/C15H22ClFN2/c1-11(13-3-4-14(16)15(17)9-13)18-10-12-5-7-19(2)8-6-12/h3-4,9,11-12,18H,5-8,10H2,1-2H3. The van der Waals surface area contributed by atoms with Gasteiger partial charge < -0.3 is 10.2 Å². The predicted molar refractivity (Wildman–Crippen MR) is 78.0 cm³/mol. The first-order valence-corrected chi connectivity index (χ1v) is 7.31. The molecule has 0 aromatic heterocycles. The molecule has 1 aromatic carbocycles. The van der Waals surface area contributed by atoms with Gasteiger partial charge >= 0.3 is 0 Å². The summed E-state index contributed by atoms with van der Waals surface area (Å²) in [5.74, 6) is 0.392. The topological polar surface area (TPSA) is 15.3 Å². The Morgan fingerprint density at radius 1 is 1.42 bits per heavy atom. The van der Waals surface area contributed by atoms with Crippen molar-refractivity contribution in [1.82, 2.24) is 10.2 Å². The van der Waals surface area contributed by atoms with E-state index in [0.29, 0.717) is 0 Å². The average molecular weight is 285 g/mol. The lowest BCUT2D eigenvalue weighted by Crippen LogP contribution is -2.35. The van der Waals surface area contributed by atoms with E-state index < -0.39 is 0 Å². The highest BCUT2D eigenvalue weighted by Crippen LogP contribution is 2.21. The third-order valence-electron chi connectivity index (χ3n) is 3.99. The molecule has 1 aliphatic rings. The quantitative estimate of drug-likeness (QED) is 0.911. The molecule has 1 saturated heterocycles. The maximum atomic E-state index is 13.4. The van der Waals surface area contributed by atoms with E-state index in [1.54, 1.807) is 6.07 Å². The van der Waals surface area contributed by atoms with Crippen LogP contribution in [0.2, 0.25) is 5.02 Å².